The van der Waals surface area contributed by atoms with E-state index in [0.29, 0.717) is 30.6 Å². The quantitative estimate of drug-likeness (QED) is 0.300. The molecule has 3 aromatic carbocycles. The molecule has 174 valence electrons. The second-order valence-electron chi connectivity index (χ2n) is 7.60. The van der Waals surface area contributed by atoms with E-state index in [1.807, 2.05) is 84.6 Å². The highest BCUT2D eigenvalue weighted by atomic mass is 32.2. The summed E-state index contributed by atoms with van der Waals surface area (Å²) in [5, 5.41) is 12.6. The minimum absolute atomic E-state index is 0.0393. The Balaban J connectivity index is 1.46. The Morgan fingerprint density at radius 2 is 1.62 bits per heavy atom. The van der Waals surface area contributed by atoms with Crippen molar-refractivity contribution < 1.29 is 9.53 Å². The first-order valence-corrected chi connectivity index (χ1v) is 12.2. The van der Waals surface area contributed by atoms with Gasteiger partial charge in [-0.25, -0.2) is 0 Å². The van der Waals surface area contributed by atoms with Crippen molar-refractivity contribution in [2.24, 2.45) is 0 Å². The van der Waals surface area contributed by atoms with E-state index in [4.69, 9.17) is 4.74 Å². The Labute approximate surface area is 203 Å². The van der Waals surface area contributed by atoms with E-state index in [2.05, 4.69) is 27.7 Å². The molecule has 0 aliphatic heterocycles. The molecule has 0 saturated carbocycles. The van der Waals surface area contributed by atoms with Crippen molar-refractivity contribution in [3.63, 3.8) is 0 Å². The smallest absolute Gasteiger partial charge is 0.233 e. The number of tetrazole rings is 1. The zero-order valence-electron chi connectivity index (χ0n) is 19.1. The zero-order chi connectivity index (χ0) is 23.6. The van der Waals surface area contributed by atoms with Crippen LogP contribution in [0.25, 0.3) is 5.69 Å². The molecule has 0 radical (unpaired) electrons. The van der Waals surface area contributed by atoms with Crippen LogP contribution in [0.2, 0.25) is 0 Å². The topological polar surface area (TPSA) is 73.1 Å². The largest absolute Gasteiger partial charge is 0.492 e. The van der Waals surface area contributed by atoms with Crippen LogP contribution in [0.1, 0.15) is 18.1 Å². The standard InChI is InChI=1S/C26H27N5O2S/c1-2-33-24-16-10-9-15-23(24)31-26(27-28-29-31)34-20-25(32)30(19-22-13-7-4-8-14-22)18-17-21-11-5-3-6-12-21/h3-16H,2,17-20H2,1H3. The van der Waals surface area contributed by atoms with Crippen LogP contribution in [0.4, 0.5) is 0 Å². The molecule has 0 atom stereocenters. The Morgan fingerprint density at radius 1 is 0.941 bits per heavy atom. The lowest BCUT2D eigenvalue weighted by atomic mass is 10.1. The number of hydrogen-bond donors (Lipinski definition) is 0. The fraction of sp³-hybridized carbons (Fsp3) is 0.231. The van der Waals surface area contributed by atoms with Crippen molar-refractivity contribution in [1.82, 2.24) is 25.1 Å². The van der Waals surface area contributed by atoms with Crippen molar-refractivity contribution in [3.05, 3.63) is 96.1 Å². The summed E-state index contributed by atoms with van der Waals surface area (Å²) < 4.78 is 7.34. The number of aromatic nitrogens is 4. The number of carbonyl (C=O) groups is 1. The number of carbonyl (C=O) groups excluding carboxylic acids is 1. The average Bonchev–Trinajstić information content (AvgIpc) is 3.35. The number of rotatable bonds is 11. The number of amides is 1. The highest BCUT2D eigenvalue weighted by Gasteiger charge is 2.18. The van der Waals surface area contributed by atoms with Crippen molar-refractivity contribution >= 4 is 17.7 Å². The molecule has 0 spiro atoms. The summed E-state index contributed by atoms with van der Waals surface area (Å²) in [6, 6.07) is 27.9. The van der Waals surface area contributed by atoms with Gasteiger partial charge in [0.1, 0.15) is 11.4 Å². The maximum Gasteiger partial charge on any atom is 0.233 e. The molecule has 4 rings (SSSR count). The van der Waals surface area contributed by atoms with Gasteiger partial charge in [-0.2, -0.15) is 4.68 Å². The summed E-state index contributed by atoms with van der Waals surface area (Å²) in [5.74, 6) is 0.968. The summed E-state index contributed by atoms with van der Waals surface area (Å²) in [7, 11) is 0. The molecule has 0 bridgehead atoms. The van der Waals surface area contributed by atoms with E-state index < -0.39 is 0 Å². The molecule has 0 unspecified atom stereocenters. The number of hydrogen-bond acceptors (Lipinski definition) is 6. The van der Waals surface area contributed by atoms with Crippen molar-refractivity contribution in [1.29, 1.82) is 0 Å². The number of benzene rings is 3. The number of nitrogens with zero attached hydrogens (tertiary/aromatic N) is 5. The van der Waals surface area contributed by atoms with Gasteiger partial charge >= 0.3 is 0 Å². The first-order valence-electron chi connectivity index (χ1n) is 11.2. The minimum Gasteiger partial charge on any atom is -0.492 e. The molecule has 1 heterocycles. The molecular formula is C26H27N5O2S. The number of ether oxygens (including phenoxy) is 1. The normalized spacial score (nSPS) is 10.7. The molecule has 0 fully saturated rings. The first kappa shape index (κ1) is 23.5. The zero-order valence-corrected chi connectivity index (χ0v) is 19.9. The minimum atomic E-state index is 0.0393. The monoisotopic (exact) mass is 473 g/mol. The highest BCUT2D eigenvalue weighted by Crippen LogP contribution is 2.26. The Kier molecular flexibility index (Phi) is 8.29. The van der Waals surface area contributed by atoms with Gasteiger partial charge in [-0.15, -0.1) is 5.10 Å². The molecule has 8 heteroatoms. The summed E-state index contributed by atoms with van der Waals surface area (Å²) in [5.41, 5.74) is 3.05. The maximum absolute atomic E-state index is 13.3. The lowest BCUT2D eigenvalue weighted by Gasteiger charge is -2.23. The van der Waals surface area contributed by atoms with Crippen molar-refractivity contribution in [3.8, 4) is 11.4 Å². The molecule has 0 N–H and O–H groups in total. The van der Waals surface area contributed by atoms with Crippen LogP contribution in [-0.4, -0.2) is 49.9 Å². The first-order chi connectivity index (χ1) is 16.7. The average molecular weight is 474 g/mol. The van der Waals surface area contributed by atoms with Gasteiger partial charge in [0.25, 0.3) is 0 Å². The van der Waals surface area contributed by atoms with Gasteiger partial charge in [-0.05, 0) is 47.0 Å². The van der Waals surface area contributed by atoms with Crippen LogP contribution in [-0.2, 0) is 17.8 Å². The van der Waals surface area contributed by atoms with Crippen LogP contribution in [0, 0.1) is 0 Å². The lowest BCUT2D eigenvalue weighted by Crippen LogP contribution is -2.34. The van der Waals surface area contributed by atoms with E-state index in [9.17, 15) is 4.79 Å². The van der Waals surface area contributed by atoms with Gasteiger partial charge in [0.15, 0.2) is 0 Å². The van der Waals surface area contributed by atoms with Crippen LogP contribution in [0.5, 0.6) is 5.75 Å². The predicted octanol–water partition coefficient (Wildman–Crippen LogP) is 4.42. The van der Waals surface area contributed by atoms with Crippen LogP contribution < -0.4 is 4.74 Å². The molecule has 0 aliphatic carbocycles. The van der Waals surface area contributed by atoms with E-state index in [0.717, 1.165) is 17.7 Å². The number of thioether (sulfide) groups is 1. The maximum atomic E-state index is 13.3. The molecule has 7 nitrogen and oxygen atoms in total. The van der Waals surface area contributed by atoms with Crippen LogP contribution >= 0.6 is 11.8 Å². The van der Waals surface area contributed by atoms with E-state index in [1.54, 1.807) is 4.68 Å². The fourth-order valence-corrected chi connectivity index (χ4v) is 4.34. The van der Waals surface area contributed by atoms with Crippen LogP contribution in [0.15, 0.2) is 90.1 Å². The van der Waals surface area contributed by atoms with Crippen molar-refractivity contribution in [2.45, 2.75) is 25.0 Å². The lowest BCUT2D eigenvalue weighted by molar-refractivity contribution is -0.128. The van der Waals surface area contributed by atoms with Gasteiger partial charge in [-0.1, -0.05) is 84.6 Å². The Bertz CT molecular complexity index is 1180. The molecular weight excluding hydrogens is 446 g/mol. The molecule has 1 aromatic heterocycles. The van der Waals surface area contributed by atoms with E-state index in [1.165, 1.54) is 17.3 Å². The molecule has 0 saturated heterocycles. The van der Waals surface area contributed by atoms with Gasteiger partial charge in [0, 0.05) is 13.1 Å². The summed E-state index contributed by atoms with van der Waals surface area (Å²) in [6.45, 7) is 3.67. The Morgan fingerprint density at radius 3 is 2.35 bits per heavy atom. The van der Waals surface area contributed by atoms with Gasteiger partial charge in [-0.3, -0.25) is 4.79 Å². The predicted molar refractivity (Wildman–Crippen MR) is 133 cm³/mol. The van der Waals surface area contributed by atoms with Crippen LogP contribution in [0.3, 0.4) is 0 Å². The fourth-order valence-electron chi connectivity index (χ4n) is 3.55. The van der Waals surface area contributed by atoms with Crippen molar-refractivity contribution in [2.75, 3.05) is 18.9 Å². The summed E-state index contributed by atoms with van der Waals surface area (Å²) >= 11 is 1.32. The van der Waals surface area contributed by atoms with E-state index >= 15 is 0 Å². The van der Waals surface area contributed by atoms with Gasteiger partial charge in [0.05, 0.1) is 12.4 Å². The summed E-state index contributed by atoms with van der Waals surface area (Å²) in [6.07, 6.45) is 0.795. The number of para-hydroxylation sites is 2. The third-order valence-electron chi connectivity index (χ3n) is 5.24. The second-order valence-corrected chi connectivity index (χ2v) is 8.54. The molecule has 4 aromatic rings. The molecule has 1 amide bonds. The summed E-state index contributed by atoms with van der Waals surface area (Å²) in [4.78, 5) is 15.2. The highest BCUT2D eigenvalue weighted by molar-refractivity contribution is 7.99. The molecule has 34 heavy (non-hydrogen) atoms. The third kappa shape index (κ3) is 6.23. The van der Waals surface area contributed by atoms with Gasteiger partial charge < -0.3 is 9.64 Å². The second kappa shape index (κ2) is 12.0. The van der Waals surface area contributed by atoms with E-state index in [-0.39, 0.29) is 11.7 Å². The SMILES string of the molecule is CCOc1ccccc1-n1nnnc1SCC(=O)N(CCc1ccccc1)Cc1ccccc1. The third-order valence-corrected chi connectivity index (χ3v) is 6.15. The molecule has 0 aliphatic rings. The van der Waals surface area contributed by atoms with Gasteiger partial charge in [0.2, 0.25) is 11.1 Å². The Hall–Kier alpha value is -3.65.